The van der Waals surface area contributed by atoms with Crippen molar-refractivity contribution < 1.29 is 8.42 Å². The van der Waals surface area contributed by atoms with Gasteiger partial charge in [-0.25, -0.2) is 9.97 Å². The average molecular weight is 273 g/mol. The lowest BCUT2D eigenvalue weighted by atomic mass is 10.4. The van der Waals surface area contributed by atoms with E-state index < -0.39 is 10.0 Å². The van der Waals surface area contributed by atoms with Crippen molar-refractivity contribution in [3.05, 3.63) is 36.0 Å². The molecule has 2 aromatic rings. The molecule has 2 heterocycles. The van der Waals surface area contributed by atoms with Crippen LogP contribution >= 0.6 is 11.6 Å². The van der Waals surface area contributed by atoms with Gasteiger partial charge in [0.15, 0.2) is 5.03 Å². The number of nitrogens with zero attached hydrogens (tertiary/aromatic N) is 3. The zero-order valence-corrected chi connectivity index (χ0v) is 10.4. The van der Waals surface area contributed by atoms with E-state index in [9.17, 15) is 8.42 Å². The SMILES string of the molecule is Cn1cnc(S(=O)(=O)Nc2ccnc(Cl)c2)c1. The number of nitrogens with one attached hydrogen (secondary N) is 1. The molecular weight excluding hydrogens is 264 g/mol. The van der Waals surface area contributed by atoms with Crippen molar-refractivity contribution in [2.45, 2.75) is 5.03 Å². The Kier molecular flexibility index (Phi) is 3.03. The molecule has 0 atom stereocenters. The highest BCUT2D eigenvalue weighted by Gasteiger charge is 2.17. The maximum absolute atomic E-state index is 11.9. The zero-order chi connectivity index (χ0) is 12.5. The largest absolute Gasteiger partial charge is 0.339 e. The van der Waals surface area contributed by atoms with E-state index in [-0.39, 0.29) is 10.2 Å². The molecule has 0 aliphatic carbocycles. The summed E-state index contributed by atoms with van der Waals surface area (Å²) in [4.78, 5) is 7.53. The number of aromatic nitrogens is 3. The number of rotatable bonds is 3. The number of anilines is 1. The van der Waals surface area contributed by atoms with Crippen LogP contribution in [0.5, 0.6) is 0 Å². The van der Waals surface area contributed by atoms with Gasteiger partial charge in [0.2, 0.25) is 0 Å². The maximum Gasteiger partial charge on any atom is 0.280 e. The average Bonchev–Trinajstić information content (AvgIpc) is 2.65. The molecule has 0 aromatic carbocycles. The fourth-order valence-corrected chi connectivity index (χ4v) is 2.41. The predicted octanol–water partition coefficient (Wildman–Crippen LogP) is 1.27. The van der Waals surface area contributed by atoms with Gasteiger partial charge in [-0.1, -0.05) is 11.6 Å². The molecule has 0 fully saturated rings. The summed E-state index contributed by atoms with van der Waals surface area (Å²) in [5.74, 6) is 0. The molecule has 8 heteroatoms. The lowest BCUT2D eigenvalue weighted by Crippen LogP contribution is -2.13. The van der Waals surface area contributed by atoms with Crippen LogP contribution in [0.3, 0.4) is 0 Å². The van der Waals surface area contributed by atoms with Gasteiger partial charge in [-0.2, -0.15) is 8.42 Å². The Bertz CT molecular complexity index is 638. The van der Waals surface area contributed by atoms with Crippen LogP contribution in [0.25, 0.3) is 0 Å². The Morgan fingerprint density at radius 2 is 2.18 bits per heavy atom. The Morgan fingerprint density at radius 1 is 1.41 bits per heavy atom. The fraction of sp³-hybridized carbons (Fsp3) is 0.111. The van der Waals surface area contributed by atoms with E-state index in [0.29, 0.717) is 5.69 Å². The highest BCUT2D eigenvalue weighted by atomic mass is 35.5. The molecule has 0 spiro atoms. The van der Waals surface area contributed by atoms with E-state index in [1.54, 1.807) is 11.6 Å². The molecule has 2 rings (SSSR count). The summed E-state index contributed by atoms with van der Waals surface area (Å²) in [5.41, 5.74) is 0.343. The molecule has 0 unspecified atom stereocenters. The Morgan fingerprint density at radius 3 is 2.76 bits per heavy atom. The third-order valence-electron chi connectivity index (χ3n) is 1.94. The molecule has 0 amide bonds. The number of pyridine rings is 1. The number of aryl methyl sites for hydroxylation is 1. The van der Waals surface area contributed by atoms with Crippen LogP contribution in [0.1, 0.15) is 0 Å². The number of sulfonamides is 1. The van der Waals surface area contributed by atoms with Gasteiger partial charge in [0, 0.05) is 19.4 Å². The number of imidazole rings is 1. The summed E-state index contributed by atoms with van der Waals surface area (Å²) in [6.07, 6.45) is 4.23. The fourth-order valence-electron chi connectivity index (χ4n) is 1.20. The van der Waals surface area contributed by atoms with Gasteiger partial charge in [0.05, 0.1) is 12.0 Å². The van der Waals surface area contributed by atoms with E-state index in [1.807, 2.05) is 0 Å². The second kappa shape index (κ2) is 4.34. The lowest BCUT2D eigenvalue weighted by molar-refractivity contribution is 0.598. The van der Waals surface area contributed by atoms with Crippen LogP contribution in [0.2, 0.25) is 5.15 Å². The van der Waals surface area contributed by atoms with Gasteiger partial charge >= 0.3 is 0 Å². The van der Waals surface area contributed by atoms with Crippen molar-refractivity contribution in [3.63, 3.8) is 0 Å². The van der Waals surface area contributed by atoms with Crippen molar-refractivity contribution in [1.29, 1.82) is 0 Å². The van der Waals surface area contributed by atoms with Gasteiger partial charge in [-0.05, 0) is 12.1 Å². The second-order valence-corrected chi connectivity index (χ2v) is 5.37. The van der Waals surface area contributed by atoms with Gasteiger partial charge in [-0.15, -0.1) is 0 Å². The number of hydrogen-bond acceptors (Lipinski definition) is 4. The lowest BCUT2D eigenvalue weighted by Gasteiger charge is -2.05. The first-order valence-corrected chi connectivity index (χ1v) is 6.46. The van der Waals surface area contributed by atoms with Crippen molar-refractivity contribution in [3.8, 4) is 0 Å². The van der Waals surface area contributed by atoms with E-state index in [0.717, 1.165) is 0 Å². The van der Waals surface area contributed by atoms with E-state index in [1.165, 1.54) is 30.9 Å². The first-order chi connectivity index (χ1) is 7.97. The molecule has 0 saturated heterocycles. The van der Waals surface area contributed by atoms with Crippen molar-refractivity contribution >= 4 is 27.3 Å². The molecular formula is C9H9ClN4O2S. The molecule has 0 saturated carbocycles. The van der Waals surface area contributed by atoms with Crippen molar-refractivity contribution in [2.75, 3.05) is 4.72 Å². The van der Waals surface area contributed by atoms with E-state index >= 15 is 0 Å². The van der Waals surface area contributed by atoms with Crippen molar-refractivity contribution in [1.82, 2.24) is 14.5 Å². The van der Waals surface area contributed by atoms with E-state index in [4.69, 9.17) is 11.6 Å². The predicted molar refractivity (Wildman–Crippen MR) is 63.3 cm³/mol. The highest BCUT2D eigenvalue weighted by molar-refractivity contribution is 7.92. The molecule has 1 N–H and O–H groups in total. The molecule has 17 heavy (non-hydrogen) atoms. The third kappa shape index (κ3) is 2.75. The minimum Gasteiger partial charge on any atom is -0.339 e. The van der Waals surface area contributed by atoms with Gasteiger partial charge in [0.1, 0.15) is 5.15 Å². The highest BCUT2D eigenvalue weighted by Crippen LogP contribution is 2.16. The number of hydrogen-bond donors (Lipinski definition) is 1. The standard InChI is InChI=1S/C9H9ClN4O2S/c1-14-5-9(12-6-14)17(15,16)13-7-2-3-11-8(10)4-7/h2-6H,1H3,(H,11,13). The number of halogens is 1. The maximum atomic E-state index is 11.9. The van der Waals surface area contributed by atoms with Crippen LogP contribution in [0.15, 0.2) is 35.9 Å². The topological polar surface area (TPSA) is 76.9 Å². The summed E-state index contributed by atoms with van der Waals surface area (Å²) in [7, 11) is -1.99. The van der Waals surface area contributed by atoms with E-state index in [2.05, 4.69) is 14.7 Å². The van der Waals surface area contributed by atoms with Gasteiger partial charge in [0.25, 0.3) is 10.0 Å². The van der Waals surface area contributed by atoms with Gasteiger partial charge in [-0.3, -0.25) is 4.72 Å². The third-order valence-corrected chi connectivity index (χ3v) is 3.41. The summed E-state index contributed by atoms with van der Waals surface area (Å²) >= 11 is 5.66. The Labute approximate surface area is 103 Å². The van der Waals surface area contributed by atoms with Crippen LogP contribution in [0.4, 0.5) is 5.69 Å². The van der Waals surface area contributed by atoms with Crippen LogP contribution in [0, 0.1) is 0 Å². The summed E-state index contributed by atoms with van der Waals surface area (Å²) in [6.45, 7) is 0. The Balaban J connectivity index is 2.29. The molecule has 90 valence electrons. The molecule has 0 aliphatic heterocycles. The molecule has 0 radical (unpaired) electrons. The van der Waals surface area contributed by atoms with Crippen LogP contribution in [-0.2, 0) is 17.1 Å². The monoisotopic (exact) mass is 272 g/mol. The normalized spacial score (nSPS) is 11.4. The molecule has 6 nitrogen and oxygen atoms in total. The first kappa shape index (κ1) is 11.9. The Hall–Kier alpha value is -1.60. The summed E-state index contributed by atoms with van der Waals surface area (Å²) in [6, 6.07) is 2.93. The first-order valence-electron chi connectivity index (χ1n) is 4.60. The smallest absolute Gasteiger partial charge is 0.280 e. The summed E-state index contributed by atoms with van der Waals surface area (Å²) in [5, 5.41) is 0.166. The minimum atomic E-state index is -3.68. The minimum absolute atomic E-state index is 0.0482. The molecule has 0 aliphatic rings. The van der Waals surface area contributed by atoms with Gasteiger partial charge < -0.3 is 4.57 Å². The second-order valence-electron chi connectivity index (χ2n) is 3.35. The molecule has 2 aromatic heterocycles. The molecule has 0 bridgehead atoms. The quantitative estimate of drug-likeness (QED) is 0.854. The van der Waals surface area contributed by atoms with Crippen LogP contribution < -0.4 is 4.72 Å². The van der Waals surface area contributed by atoms with Crippen molar-refractivity contribution in [2.24, 2.45) is 7.05 Å². The van der Waals surface area contributed by atoms with Crippen LogP contribution in [-0.4, -0.2) is 23.0 Å². The summed E-state index contributed by atoms with van der Waals surface area (Å²) < 4.78 is 27.7. The zero-order valence-electron chi connectivity index (χ0n) is 8.83.